The molecule has 5 atom stereocenters. The van der Waals surface area contributed by atoms with Gasteiger partial charge in [-0.05, 0) is 39.8 Å². The SMILES string of the molecule is CC1(C)O[C@@H]2O[C@@H](C(=O)N/N=C/c3ccccc3O)[C@H]3OC(C)(C)O[C@H]3[C@H]2O1. The molecule has 2 N–H and O–H groups in total. The van der Waals surface area contributed by atoms with Gasteiger partial charge in [0, 0.05) is 5.56 Å². The minimum atomic E-state index is -0.993. The summed E-state index contributed by atoms with van der Waals surface area (Å²) >= 11 is 0. The minimum absolute atomic E-state index is 0.0605. The van der Waals surface area contributed by atoms with E-state index in [2.05, 4.69) is 10.5 Å². The first-order chi connectivity index (χ1) is 13.2. The number of nitrogens with one attached hydrogen (secondary N) is 1. The van der Waals surface area contributed by atoms with Gasteiger partial charge in [-0.3, -0.25) is 4.79 Å². The molecule has 1 aromatic rings. The van der Waals surface area contributed by atoms with Crippen molar-refractivity contribution in [1.29, 1.82) is 0 Å². The molecule has 1 aromatic carbocycles. The fraction of sp³-hybridized carbons (Fsp3) is 0.579. The number of hydrogen-bond donors (Lipinski definition) is 2. The van der Waals surface area contributed by atoms with E-state index in [0.29, 0.717) is 5.56 Å². The van der Waals surface area contributed by atoms with Crippen molar-refractivity contribution in [3.05, 3.63) is 29.8 Å². The Morgan fingerprint density at radius 2 is 1.68 bits per heavy atom. The van der Waals surface area contributed by atoms with Crippen LogP contribution in [0.2, 0.25) is 0 Å². The van der Waals surface area contributed by atoms with Crippen LogP contribution in [0.15, 0.2) is 29.4 Å². The van der Waals surface area contributed by atoms with Gasteiger partial charge in [0.2, 0.25) is 0 Å². The van der Waals surface area contributed by atoms with Crippen molar-refractivity contribution in [2.45, 2.75) is 70.0 Å². The van der Waals surface area contributed by atoms with Crippen LogP contribution >= 0.6 is 0 Å². The molecule has 3 fully saturated rings. The van der Waals surface area contributed by atoms with Crippen LogP contribution in [0.4, 0.5) is 0 Å². The number of rotatable bonds is 3. The summed E-state index contributed by atoms with van der Waals surface area (Å²) in [5, 5.41) is 13.7. The zero-order valence-electron chi connectivity index (χ0n) is 16.1. The van der Waals surface area contributed by atoms with Gasteiger partial charge in [0.15, 0.2) is 24.0 Å². The van der Waals surface area contributed by atoms with Crippen LogP contribution in [0.3, 0.4) is 0 Å². The average Bonchev–Trinajstić information content (AvgIpc) is 3.09. The number of benzene rings is 1. The maximum atomic E-state index is 12.7. The largest absolute Gasteiger partial charge is 0.507 e. The van der Waals surface area contributed by atoms with Crippen LogP contribution in [-0.4, -0.2) is 59.5 Å². The third-order valence-corrected chi connectivity index (χ3v) is 4.73. The van der Waals surface area contributed by atoms with Crippen molar-refractivity contribution in [2.75, 3.05) is 0 Å². The maximum absolute atomic E-state index is 12.7. The van der Waals surface area contributed by atoms with Gasteiger partial charge < -0.3 is 28.8 Å². The highest BCUT2D eigenvalue weighted by atomic mass is 16.9. The fourth-order valence-corrected chi connectivity index (χ4v) is 3.65. The van der Waals surface area contributed by atoms with Gasteiger partial charge in [0.1, 0.15) is 24.1 Å². The number of para-hydroxylation sites is 1. The second kappa shape index (κ2) is 6.78. The Morgan fingerprint density at radius 1 is 1.04 bits per heavy atom. The lowest BCUT2D eigenvalue weighted by Crippen LogP contribution is -2.59. The number of phenols is 1. The first-order valence-electron chi connectivity index (χ1n) is 9.13. The summed E-state index contributed by atoms with van der Waals surface area (Å²) < 4.78 is 29.4. The Balaban J connectivity index is 1.50. The number of fused-ring (bicyclic) bond motifs is 3. The molecule has 0 unspecified atom stereocenters. The number of phenolic OH excluding ortho intramolecular Hbond substituents is 1. The quantitative estimate of drug-likeness (QED) is 0.589. The van der Waals surface area contributed by atoms with Crippen molar-refractivity contribution < 1.29 is 33.6 Å². The summed E-state index contributed by atoms with van der Waals surface area (Å²) in [6.45, 7) is 7.09. The monoisotopic (exact) mass is 392 g/mol. The minimum Gasteiger partial charge on any atom is -0.507 e. The van der Waals surface area contributed by atoms with E-state index in [1.807, 2.05) is 0 Å². The Bertz CT molecular complexity index is 794. The van der Waals surface area contributed by atoms with Crippen LogP contribution in [0, 0.1) is 0 Å². The lowest BCUT2D eigenvalue weighted by Gasteiger charge is -2.36. The fourth-order valence-electron chi connectivity index (χ4n) is 3.65. The van der Waals surface area contributed by atoms with E-state index in [9.17, 15) is 9.90 Å². The molecule has 28 heavy (non-hydrogen) atoms. The summed E-state index contributed by atoms with van der Waals surface area (Å²) in [6.07, 6.45) is -2.10. The zero-order chi connectivity index (χ0) is 20.1. The Labute approximate surface area is 162 Å². The molecule has 0 spiro atoms. The van der Waals surface area contributed by atoms with E-state index in [-0.39, 0.29) is 5.75 Å². The molecule has 0 radical (unpaired) electrons. The van der Waals surface area contributed by atoms with Crippen LogP contribution < -0.4 is 5.43 Å². The number of nitrogens with zero attached hydrogens (tertiary/aromatic N) is 1. The van der Waals surface area contributed by atoms with Crippen molar-refractivity contribution >= 4 is 12.1 Å². The normalized spacial score (nSPS) is 35.5. The van der Waals surface area contributed by atoms with Crippen molar-refractivity contribution in [1.82, 2.24) is 5.43 Å². The molecule has 1 amide bonds. The first-order valence-corrected chi connectivity index (χ1v) is 9.13. The van der Waals surface area contributed by atoms with Crippen LogP contribution in [0.1, 0.15) is 33.3 Å². The molecule has 9 nitrogen and oxygen atoms in total. The summed E-state index contributed by atoms with van der Waals surface area (Å²) in [5.74, 6) is -2.19. The lowest BCUT2D eigenvalue weighted by atomic mass is 9.98. The Morgan fingerprint density at radius 3 is 2.43 bits per heavy atom. The molecule has 0 bridgehead atoms. The van der Waals surface area contributed by atoms with Gasteiger partial charge >= 0.3 is 0 Å². The van der Waals surface area contributed by atoms with Gasteiger partial charge in [-0.2, -0.15) is 5.10 Å². The number of carbonyl (C=O) groups excluding carboxylic acids is 1. The molecule has 0 saturated carbocycles. The molecule has 4 rings (SSSR count). The van der Waals surface area contributed by atoms with E-state index < -0.39 is 48.2 Å². The molecular weight excluding hydrogens is 368 g/mol. The highest BCUT2D eigenvalue weighted by molar-refractivity contribution is 5.86. The number of hydrazone groups is 1. The van der Waals surface area contributed by atoms with Gasteiger partial charge in [-0.15, -0.1) is 0 Å². The number of carbonyl (C=O) groups is 1. The maximum Gasteiger partial charge on any atom is 0.272 e. The number of aromatic hydroxyl groups is 1. The standard InChI is InChI=1S/C19H24N2O7/c1-18(2)25-12-13(26-18)15-17(28-19(3,4)27-15)24-14(12)16(23)21-20-9-10-7-5-6-8-11(10)22/h5-9,12-15,17,22H,1-4H3,(H,21,23)/b20-9+/t12-,13+,14+,15+,17-/m0/s1. The predicted molar refractivity (Wildman–Crippen MR) is 96.4 cm³/mol. The van der Waals surface area contributed by atoms with Gasteiger partial charge in [0.25, 0.3) is 5.91 Å². The van der Waals surface area contributed by atoms with E-state index in [1.54, 1.807) is 45.9 Å². The Hall–Kier alpha value is -2.04. The highest BCUT2D eigenvalue weighted by Crippen LogP contribution is 2.44. The van der Waals surface area contributed by atoms with Crippen molar-refractivity contribution in [2.24, 2.45) is 5.10 Å². The second-order valence-corrected chi connectivity index (χ2v) is 7.88. The molecule has 9 heteroatoms. The van der Waals surface area contributed by atoms with E-state index >= 15 is 0 Å². The Kier molecular flexibility index (Phi) is 4.67. The summed E-state index contributed by atoms with van der Waals surface area (Å²) in [5.41, 5.74) is 2.90. The van der Waals surface area contributed by atoms with E-state index in [0.717, 1.165) is 0 Å². The van der Waals surface area contributed by atoms with E-state index in [4.69, 9.17) is 23.7 Å². The predicted octanol–water partition coefficient (Wildman–Crippen LogP) is 1.24. The van der Waals surface area contributed by atoms with Crippen LogP contribution in [-0.2, 0) is 28.5 Å². The number of ether oxygens (including phenoxy) is 5. The van der Waals surface area contributed by atoms with Gasteiger partial charge in [0.05, 0.1) is 6.21 Å². The molecule has 152 valence electrons. The lowest BCUT2D eigenvalue weighted by molar-refractivity contribution is -0.231. The third kappa shape index (κ3) is 3.63. The first kappa shape index (κ1) is 19.3. The summed E-state index contributed by atoms with van der Waals surface area (Å²) in [6, 6.07) is 6.65. The van der Waals surface area contributed by atoms with Crippen LogP contribution in [0.5, 0.6) is 5.75 Å². The zero-order valence-corrected chi connectivity index (χ0v) is 16.1. The van der Waals surface area contributed by atoms with Crippen LogP contribution in [0.25, 0.3) is 0 Å². The molecular formula is C19H24N2O7. The van der Waals surface area contributed by atoms with Crippen molar-refractivity contribution in [3.63, 3.8) is 0 Å². The van der Waals surface area contributed by atoms with E-state index in [1.165, 1.54) is 12.3 Å². The molecule has 0 aromatic heterocycles. The topological polar surface area (TPSA) is 108 Å². The molecule has 3 aliphatic rings. The molecule has 3 saturated heterocycles. The summed E-state index contributed by atoms with van der Waals surface area (Å²) in [4.78, 5) is 12.7. The molecule has 3 aliphatic heterocycles. The highest BCUT2D eigenvalue weighted by Gasteiger charge is 2.62. The second-order valence-electron chi connectivity index (χ2n) is 7.88. The summed E-state index contributed by atoms with van der Waals surface area (Å²) in [7, 11) is 0. The van der Waals surface area contributed by atoms with Crippen molar-refractivity contribution in [3.8, 4) is 5.75 Å². The molecule has 3 heterocycles. The van der Waals surface area contributed by atoms with Gasteiger partial charge in [-0.25, -0.2) is 5.43 Å². The van der Waals surface area contributed by atoms with Gasteiger partial charge in [-0.1, -0.05) is 12.1 Å². The number of amides is 1. The average molecular weight is 392 g/mol. The third-order valence-electron chi connectivity index (χ3n) is 4.73. The number of hydrogen-bond acceptors (Lipinski definition) is 8. The molecule has 0 aliphatic carbocycles. The smallest absolute Gasteiger partial charge is 0.272 e.